The smallest absolute Gasteiger partial charge is 0.326 e. The van der Waals surface area contributed by atoms with Gasteiger partial charge in [-0.25, -0.2) is 4.79 Å². The van der Waals surface area contributed by atoms with Crippen molar-refractivity contribution >= 4 is 33.7 Å². The Morgan fingerprint density at radius 2 is 1.52 bits per heavy atom. The Kier molecular flexibility index (Phi) is 8.11. The first-order valence-electron chi connectivity index (χ1n) is 8.75. The van der Waals surface area contributed by atoms with Gasteiger partial charge in [-0.05, 0) is 22.2 Å². The van der Waals surface area contributed by atoms with Crippen LogP contribution in [-0.4, -0.2) is 40.1 Å². The Hall–Kier alpha value is -2.97. The summed E-state index contributed by atoms with van der Waals surface area (Å²) in [5, 5.41) is 24.8. The summed E-state index contributed by atoms with van der Waals surface area (Å²) < 4.78 is 0.386. The quantitative estimate of drug-likeness (QED) is 0.458. The van der Waals surface area contributed by atoms with Crippen LogP contribution in [-0.2, 0) is 9.59 Å². The Balaban J connectivity index is 2.23. The lowest BCUT2D eigenvalue weighted by Crippen LogP contribution is -2.50. The number of amides is 2. The van der Waals surface area contributed by atoms with E-state index in [-0.39, 0.29) is 6.42 Å². The van der Waals surface area contributed by atoms with Crippen LogP contribution in [0.25, 0.3) is 0 Å². The summed E-state index contributed by atoms with van der Waals surface area (Å²) in [5.74, 6) is -2.67. The normalized spacial score (nSPS) is 13.6. The minimum absolute atomic E-state index is 0.0554. The van der Waals surface area contributed by atoms with Crippen LogP contribution in [0.5, 0.6) is 0 Å². The molecule has 0 radical (unpaired) electrons. The van der Waals surface area contributed by atoms with Crippen molar-refractivity contribution in [1.29, 1.82) is 0 Å². The first kappa shape index (κ1) is 22.3. The van der Waals surface area contributed by atoms with Crippen LogP contribution >= 0.6 is 15.9 Å². The van der Waals surface area contributed by atoms with Crippen LogP contribution in [0, 0.1) is 0 Å². The van der Waals surface area contributed by atoms with E-state index in [2.05, 4.69) is 33.1 Å². The highest BCUT2D eigenvalue weighted by Crippen LogP contribution is 2.19. The summed E-state index contributed by atoms with van der Waals surface area (Å²) in [6, 6.07) is 14.5. The molecule has 0 unspecified atom stereocenters. The predicted octanol–water partition coefficient (Wildman–Crippen LogP) is 2.39. The van der Waals surface area contributed by atoms with Crippen molar-refractivity contribution in [2.45, 2.75) is 24.6 Å². The lowest BCUT2D eigenvalue weighted by Gasteiger charge is -2.25. The van der Waals surface area contributed by atoms with Crippen molar-refractivity contribution in [2.75, 3.05) is 0 Å². The number of carboxylic acid groups (broad SMARTS) is 1. The molecular formula is C21H21BrN2O5. The van der Waals surface area contributed by atoms with Gasteiger partial charge in [-0.1, -0.05) is 71.0 Å². The summed E-state index contributed by atoms with van der Waals surface area (Å²) in [5.41, 5.74) is 0.858. The third-order valence-corrected chi connectivity index (χ3v) is 4.43. The molecule has 0 bridgehead atoms. The van der Waals surface area contributed by atoms with E-state index in [1.54, 1.807) is 60.7 Å². The summed E-state index contributed by atoms with van der Waals surface area (Å²) in [7, 11) is 0. The van der Waals surface area contributed by atoms with Crippen molar-refractivity contribution in [3.63, 3.8) is 0 Å². The molecule has 8 heteroatoms. The molecule has 0 aliphatic heterocycles. The zero-order valence-corrected chi connectivity index (χ0v) is 17.0. The van der Waals surface area contributed by atoms with Crippen LogP contribution < -0.4 is 10.6 Å². The van der Waals surface area contributed by atoms with E-state index in [0.29, 0.717) is 15.6 Å². The number of carbonyl (C=O) groups is 3. The van der Waals surface area contributed by atoms with Crippen molar-refractivity contribution < 1.29 is 24.6 Å². The molecule has 29 heavy (non-hydrogen) atoms. The summed E-state index contributed by atoms with van der Waals surface area (Å²) in [6.07, 6.45) is -1.77. The number of nitrogens with one attached hydrogen (secondary N) is 2. The van der Waals surface area contributed by atoms with E-state index < -0.39 is 36.0 Å². The number of carbonyl (C=O) groups excluding carboxylic acids is 2. The topological polar surface area (TPSA) is 116 Å². The fourth-order valence-corrected chi connectivity index (χ4v) is 2.97. The van der Waals surface area contributed by atoms with Crippen LogP contribution in [0.2, 0.25) is 0 Å². The molecule has 0 saturated carbocycles. The molecule has 0 aromatic heterocycles. The number of halogens is 1. The molecule has 0 aliphatic carbocycles. The van der Waals surface area contributed by atoms with Gasteiger partial charge < -0.3 is 20.8 Å². The monoisotopic (exact) mass is 460 g/mol. The molecule has 152 valence electrons. The lowest BCUT2D eigenvalue weighted by molar-refractivity contribution is -0.143. The SMILES string of the molecule is C=C(Br)C[C@H](NC(=O)[C@H](O)[C@@H](NC(=O)c1ccccc1)c1ccccc1)C(=O)O. The maximum atomic E-state index is 12.6. The number of hydrogen-bond donors (Lipinski definition) is 4. The van der Waals surface area contributed by atoms with Gasteiger partial charge in [0.05, 0.1) is 6.04 Å². The number of aliphatic hydroxyl groups is 1. The highest BCUT2D eigenvalue weighted by atomic mass is 79.9. The first-order chi connectivity index (χ1) is 13.8. The number of rotatable bonds is 9. The molecule has 4 N–H and O–H groups in total. The van der Waals surface area contributed by atoms with Gasteiger partial charge in [-0.2, -0.15) is 0 Å². The lowest BCUT2D eigenvalue weighted by atomic mass is 9.99. The molecule has 2 amide bonds. The van der Waals surface area contributed by atoms with Gasteiger partial charge in [0.1, 0.15) is 6.04 Å². The molecule has 0 heterocycles. The van der Waals surface area contributed by atoms with E-state index in [9.17, 15) is 24.6 Å². The van der Waals surface area contributed by atoms with Crippen LogP contribution in [0.1, 0.15) is 28.4 Å². The molecule has 7 nitrogen and oxygen atoms in total. The zero-order chi connectivity index (χ0) is 21.4. The van der Waals surface area contributed by atoms with Gasteiger partial charge in [0.25, 0.3) is 11.8 Å². The molecule has 2 rings (SSSR count). The van der Waals surface area contributed by atoms with Gasteiger partial charge in [0.2, 0.25) is 0 Å². The number of benzene rings is 2. The van der Waals surface area contributed by atoms with Crippen LogP contribution in [0.15, 0.2) is 71.7 Å². The summed E-state index contributed by atoms with van der Waals surface area (Å²) >= 11 is 3.07. The van der Waals surface area contributed by atoms with Gasteiger partial charge in [0, 0.05) is 12.0 Å². The minimum atomic E-state index is -1.71. The Morgan fingerprint density at radius 1 is 0.966 bits per heavy atom. The van der Waals surface area contributed by atoms with Gasteiger partial charge >= 0.3 is 5.97 Å². The van der Waals surface area contributed by atoms with Crippen LogP contribution in [0.4, 0.5) is 0 Å². The van der Waals surface area contributed by atoms with Crippen molar-refractivity contribution in [2.24, 2.45) is 0 Å². The van der Waals surface area contributed by atoms with Gasteiger partial charge in [-0.15, -0.1) is 0 Å². The number of carboxylic acids is 1. The van der Waals surface area contributed by atoms with Crippen molar-refractivity contribution in [3.05, 3.63) is 82.9 Å². The molecule has 0 spiro atoms. The summed E-state index contributed by atoms with van der Waals surface area (Å²) in [4.78, 5) is 36.5. The molecule has 2 aromatic rings. The van der Waals surface area contributed by atoms with Gasteiger partial charge in [-0.3, -0.25) is 9.59 Å². The average molecular weight is 461 g/mol. The fraction of sp³-hybridized carbons (Fsp3) is 0.190. The first-order valence-corrected chi connectivity index (χ1v) is 9.54. The average Bonchev–Trinajstić information content (AvgIpc) is 2.71. The second-order valence-electron chi connectivity index (χ2n) is 6.29. The molecule has 0 aliphatic rings. The Labute approximate surface area is 176 Å². The maximum Gasteiger partial charge on any atom is 0.326 e. The maximum absolute atomic E-state index is 12.6. The predicted molar refractivity (Wildman–Crippen MR) is 111 cm³/mol. The van der Waals surface area contributed by atoms with Crippen LogP contribution in [0.3, 0.4) is 0 Å². The number of aliphatic carboxylic acids is 1. The van der Waals surface area contributed by atoms with E-state index in [4.69, 9.17) is 0 Å². The molecular weight excluding hydrogens is 440 g/mol. The molecule has 0 fully saturated rings. The zero-order valence-electron chi connectivity index (χ0n) is 15.4. The van der Waals surface area contributed by atoms with E-state index in [0.717, 1.165) is 0 Å². The standard InChI is InChI=1S/C21H21BrN2O5/c1-13(22)12-16(21(28)29)23-20(27)18(25)17(14-8-4-2-5-9-14)24-19(26)15-10-6-3-7-11-15/h2-11,16-18,25H,1,12H2,(H,23,27)(H,24,26)(H,28,29)/t16-,17-,18+/m0/s1. The molecule has 2 aromatic carbocycles. The van der Waals surface area contributed by atoms with Crippen molar-refractivity contribution in [1.82, 2.24) is 10.6 Å². The van der Waals surface area contributed by atoms with E-state index >= 15 is 0 Å². The largest absolute Gasteiger partial charge is 0.480 e. The fourth-order valence-electron chi connectivity index (χ4n) is 2.65. The second-order valence-corrected chi connectivity index (χ2v) is 7.41. The number of aliphatic hydroxyl groups excluding tert-OH is 1. The second kappa shape index (κ2) is 10.5. The third kappa shape index (κ3) is 6.55. The highest BCUT2D eigenvalue weighted by molar-refractivity contribution is 9.11. The highest BCUT2D eigenvalue weighted by Gasteiger charge is 2.32. The minimum Gasteiger partial charge on any atom is -0.480 e. The van der Waals surface area contributed by atoms with E-state index in [1.165, 1.54) is 0 Å². The summed E-state index contributed by atoms with van der Waals surface area (Å²) in [6.45, 7) is 3.57. The van der Waals surface area contributed by atoms with Crippen molar-refractivity contribution in [3.8, 4) is 0 Å². The Morgan fingerprint density at radius 3 is 2.03 bits per heavy atom. The van der Waals surface area contributed by atoms with E-state index in [1.807, 2.05) is 0 Å². The molecule has 3 atom stereocenters. The number of hydrogen-bond acceptors (Lipinski definition) is 4. The Bertz CT molecular complexity index is 873. The molecule has 0 saturated heterocycles. The van der Waals surface area contributed by atoms with Gasteiger partial charge in [0.15, 0.2) is 6.10 Å². The third-order valence-electron chi connectivity index (χ3n) is 4.11.